The van der Waals surface area contributed by atoms with Gasteiger partial charge in [-0.05, 0) is 24.3 Å². The molecule has 0 saturated carbocycles. The molecule has 1 N–H and O–H groups in total. The topological polar surface area (TPSA) is 73.2 Å². The molecule has 0 saturated heterocycles. The molecule has 3 rings (SSSR count). The monoisotopic (exact) mass is 409 g/mol. The first-order valence-electron chi connectivity index (χ1n) is 8.46. The number of methoxy groups -OCH3 is 1. The summed E-state index contributed by atoms with van der Waals surface area (Å²) in [6, 6.07) is 5.68. The Balaban J connectivity index is 1.91. The van der Waals surface area contributed by atoms with Crippen molar-refractivity contribution in [3.8, 4) is 5.69 Å². The standard InChI is InChI=1S/C18H20FN3O3S2/c1-11-9-14-16(27-11)17(24)22(13-5-3-12(19)4-6-13)18(21-14)26-10-15(23)20-7-8-25-2/h3-6,11H,7-10H2,1-2H3,(H,20,23). The molecule has 2 aromatic rings. The third kappa shape index (κ3) is 4.72. The number of ether oxygens (including phenoxy) is 1. The van der Waals surface area contributed by atoms with Crippen molar-refractivity contribution >= 4 is 29.4 Å². The number of carbonyl (C=O) groups excluding carboxylic acids is 1. The maximum atomic E-state index is 13.3. The number of halogens is 1. The average molecular weight is 410 g/mol. The smallest absolute Gasteiger partial charge is 0.272 e. The maximum Gasteiger partial charge on any atom is 0.272 e. The fourth-order valence-corrected chi connectivity index (χ4v) is 4.64. The molecule has 0 aliphatic carbocycles. The first-order valence-corrected chi connectivity index (χ1v) is 10.3. The summed E-state index contributed by atoms with van der Waals surface area (Å²) >= 11 is 2.69. The third-order valence-corrected chi connectivity index (χ3v) is 6.08. The summed E-state index contributed by atoms with van der Waals surface area (Å²) in [4.78, 5) is 30.3. The molecule has 1 unspecified atom stereocenters. The molecular weight excluding hydrogens is 389 g/mol. The van der Waals surface area contributed by atoms with E-state index in [0.29, 0.717) is 35.3 Å². The van der Waals surface area contributed by atoms with Crippen LogP contribution >= 0.6 is 23.5 Å². The van der Waals surface area contributed by atoms with Crippen LogP contribution in [0.4, 0.5) is 4.39 Å². The van der Waals surface area contributed by atoms with Crippen LogP contribution in [0.5, 0.6) is 0 Å². The highest BCUT2D eigenvalue weighted by atomic mass is 32.2. The van der Waals surface area contributed by atoms with E-state index in [2.05, 4.69) is 10.3 Å². The summed E-state index contributed by atoms with van der Waals surface area (Å²) < 4.78 is 19.7. The van der Waals surface area contributed by atoms with E-state index in [-0.39, 0.29) is 28.3 Å². The van der Waals surface area contributed by atoms with Gasteiger partial charge in [-0.1, -0.05) is 18.7 Å². The van der Waals surface area contributed by atoms with Crippen molar-refractivity contribution in [1.29, 1.82) is 0 Å². The van der Waals surface area contributed by atoms with Gasteiger partial charge in [0.05, 0.1) is 28.6 Å². The van der Waals surface area contributed by atoms with Gasteiger partial charge in [0.25, 0.3) is 5.56 Å². The molecule has 0 radical (unpaired) electrons. The molecule has 2 heterocycles. The lowest BCUT2D eigenvalue weighted by Crippen LogP contribution is -2.29. The Labute approximate surface area is 164 Å². The summed E-state index contributed by atoms with van der Waals surface area (Å²) in [5.74, 6) is -0.422. The van der Waals surface area contributed by atoms with E-state index in [1.165, 1.54) is 52.4 Å². The maximum absolute atomic E-state index is 13.3. The minimum Gasteiger partial charge on any atom is -0.383 e. The fourth-order valence-electron chi connectivity index (χ4n) is 2.69. The predicted molar refractivity (Wildman–Crippen MR) is 104 cm³/mol. The number of hydrogen-bond donors (Lipinski definition) is 1. The van der Waals surface area contributed by atoms with Crippen LogP contribution in [0.2, 0.25) is 0 Å². The number of fused-ring (bicyclic) bond motifs is 1. The van der Waals surface area contributed by atoms with E-state index >= 15 is 0 Å². The van der Waals surface area contributed by atoms with Gasteiger partial charge in [0.2, 0.25) is 5.91 Å². The van der Waals surface area contributed by atoms with E-state index in [1.54, 1.807) is 7.11 Å². The van der Waals surface area contributed by atoms with Crippen molar-refractivity contribution in [2.45, 2.75) is 28.6 Å². The summed E-state index contributed by atoms with van der Waals surface area (Å²) in [6.45, 7) is 2.90. The minimum atomic E-state index is -0.379. The summed E-state index contributed by atoms with van der Waals surface area (Å²) in [7, 11) is 1.57. The number of thioether (sulfide) groups is 2. The van der Waals surface area contributed by atoms with Gasteiger partial charge >= 0.3 is 0 Å². The zero-order chi connectivity index (χ0) is 19.4. The van der Waals surface area contributed by atoms with E-state index in [9.17, 15) is 14.0 Å². The Morgan fingerprint density at radius 3 is 2.89 bits per heavy atom. The number of aromatic nitrogens is 2. The Morgan fingerprint density at radius 2 is 2.19 bits per heavy atom. The highest BCUT2D eigenvalue weighted by Gasteiger charge is 2.27. The van der Waals surface area contributed by atoms with Crippen molar-refractivity contribution in [2.24, 2.45) is 0 Å². The Kier molecular flexibility index (Phi) is 6.56. The first kappa shape index (κ1) is 19.9. The van der Waals surface area contributed by atoms with Crippen molar-refractivity contribution in [2.75, 3.05) is 26.0 Å². The third-order valence-electron chi connectivity index (χ3n) is 3.93. The summed E-state index contributed by atoms with van der Waals surface area (Å²) in [5.41, 5.74) is 1.11. The lowest BCUT2D eigenvalue weighted by atomic mass is 10.2. The number of carbonyl (C=O) groups is 1. The summed E-state index contributed by atoms with van der Waals surface area (Å²) in [5, 5.41) is 3.45. The van der Waals surface area contributed by atoms with E-state index in [1.807, 2.05) is 6.92 Å². The van der Waals surface area contributed by atoms with Crippen molar-refractivity contribution < 1.29 is 13.9 Å². The van der Waals surface area contributed by atoms with Gasteiger partial charge < -0.3 is 10.1 Å². The largest absolute Gasteiger partial charge is 0.383 e. The zero-order valence-electron chi connectivity index (χ0n) is 15.0. The molecule has 6 nitrogen and oxygen atoms in total. The Hall–Kier alpha value is -1.84. The molecule has 0 bridgehead atoms. The molecule has 1 amide bonds. The van der Waals surface area contributed by atoms with E-state index in [0.717, 1.165) is 5.69 Å². The minimum absolute atomic E-state index is 0.124. The van der Waals surface area contributed by atoms with Crippen LogP contribution in [0.1, 0.15) is 12.6 Å². The number of nitrogens with zero attached hydrogens (tertiary/aromatic N) is 2. The van der Waals surface area contributed by atoms with Gasteiger partial charge in [-0.3, -0.25) is 14.2 Å². The van der Waals surface area contributed by atoms with Crippen LogP contribution in [-0.2, 0) is 16.0 Å². The quantitative estimate of drug-likeness (QED) is 0.430. The molecule has 1 aromatic carbocycles. The van der Waals surface area contributed by atoms with Crippen LogP contribution in [0.25, 0.3) is 5.69 Å². The number of amides is 1. The molecule has 9 heteroatoms. The second kappa shape index (κ2) is 8.90. The number of hydrogen-bond acceptors (Lipinski definition) is 6. The number of benzene rings is 1. The van der Waals surface area contributed by atoms with Crippen molar-refractivity contribution in [3.05, 3.63) is 46.1 Å². The highest BCUT2D eigenvalue weighted by Crippen LogP contribution is 2.34. The molecule has 1 atom stereocenters. The van der Waals surface area contributed by atoms with Crippen LogP contribution in [0.15, 0.2) is 39.1 Å². The normalized spacial score (nSPS) is 15.6. The van der Waals surface area contributed by atoms with Crippen LogP contribution in [-0.4, -0.2) is 46.7 Å². The number of rotatable bonds is 7. The second-order valence-electron chi connectivity index (χ2n) is 6.05. The van der Waals surface area contributed by atoms with Gasteiger partial charge in [0, 0.05) is 25.3 Å². The first-order chi connectivity index (χ1) is 13.0. The molecule has 0 spiro atoms. The van der Waals surface area contributed by atoms with Gasteiger partial charge in [0.15, 0.2) is 5.16 Å². The lowest BCUT2D eigenvalue weighted by Gasteiger charge is -2.13. The number of nitrogens with one attached hydrogen (secondary N) is 1. The fraction of sp³-hybridized carbons (Fsp3) is 0.389. The Bertz CT molecular complexity index is 887. The molecule has 1 aromatic heterocycles. The second-order valence-corrected chi connectivity index (χ2v) is 8.44. The predicted octanol–water partition coefficient (Wildman–Crippen LogP) is 2.26. The molecular formula is C18H20FN3O3S2. The average Bonchev–Trinajstić information content (AvgIpc) is 3.02. The van der Waals surface area contributed by atoms with Gasteiger partial charge in [0.1, 0.15) is 5.82 Å². The van der Waals surface area contributed by atoms with Gasteiger partial charge in [-0.15, -0.1) is 11.8 Å². The van der Waals surface area contributed by atoms with Crippen molar-refractivity contribution in [3.63, 3.8) is 0 Å². The summed E-state index contributed by atoms with van der Waals surface area (Å²) in [6.07, 6.45) is 0.715. The van der Waals surface area contributed by atoms with Gasteiger partial charge in [-0.25, -0.2) is 9.37 Å². The van der Waals surface area contributed by atoms with Crippen LogP contribution in [0, 0.1) is 5.82 Å². The van der Waals surface area contributed by atoms with Crippen LogP contribution < -0.4 is 10.9 Å². The molecule has 0 fully saturated rings. The molecule has 1 aliphatic heterocycles. The lowest BCUT2D eigenvalue weighted by molar-refractivity contribution is -0.118. The molecule has 1 aliphatic rings. The van der Waals surface area contributed by atoms with E-state index in [4.69, 9.17) is 4.74 Å². The van der Waals surface area contributed by atoms with Crippen molar-refractivity contribution in [1.82, 2.24) is 14.9 Å². The zero-order valence-corrected chi connectivity index (χ0v) is 16.7. The van der Waals surface area contributed by atoms with Crippen LogP contribution in [0.3, 0.4) is 0 Å². The van der Waals surface area contributed by atoms with E-state index < -0.39 is 0 Å². The molecule has 144 valence electrons. The molecule has 27 heavy (non-hydrogen) atoms. The van der Waals surface area contributed by atoms with Gasteiger partial charge in [-0.2, -0.15) is 0 Å². The SMILES string of the molecule is COCCNC(=O)CSc1nc2c(c(=O)n1-c1ccc(F)cc1)SC(C)C2. The highest BCUT2D eigenvalue weighted by molar-refractivity contribution is 8.00. The Morgan fingerprint density at radius 1 is 1.44 bits per heavy atom.